The molecule has 2 atom stereocenters. The van der Waals surface area contributed by atoms with E-state index in [1.54, 1.807) is 0 Å². The lowest BCUT2D eigenvalue weighted by Crippen LogP contribution is -2.36. The molecule has 0 bridgehead atoms. The summed E-state index contributed by atoms with van der Waals surface area (Å²) >= 11 is 0. The minimum absolute atomic E-state index is 0.221. The number of hydrogen-bond acceptors (Lipinski definition) is 2. The van der Waals surface area contributed by atoms with Crippen molar-refractivity contribution in [2.45, 2.75) is 72.1 Å². The van der Waals surface area contributed by atoms with Crippen molar-refractivity contribution in [1.82, 2.24) is 0 Å². The van der Waals surface area contributed by atoms with Gasteiger partial charge in [0.05, 0.1) is 0 Å². The first-order valence-corrected chi connectivity index (χ1v) is 6.88. The van der Waals surface area contributed by atoms with Crippen LogP contribution in [0.3, 0.4) is 0 Å². The summed E-state index contributed by atoms with van der Waals surface area (Å²) < 4.78 is 0. The fraction of sp³-hybridized carbons (Fsp3) is 0.929. The van der Waals surface area contributed by atoms with Gasteiger partial charge in [-0.2, -0.15) is 0 Å². The fourth-order valence-electron chi connectivity index (χ4n) is 2.32. The molecule has 96 valence electrons. The summed E-state index contributed by atoms with van der Waals surface area (Å²) in [6, 6.07) is 0. The van der Waals surface area contributed by atoms with E-state index in [-0.39, 0.29) is 5.92 Å². The molecule has 0 rings (SSSR count). The molecule has 0 aromatic carbocycles. The molecular weight excluding hydrogens is 200 g/mol. The van der Waals surface area contributed by atoms with Crippen LogP contribution in [0.1, 0.15) is 72.1 Å². The van der Waals surface area contributed by atoms with Gasteiger partial charge in [0.2, 0.25) is 0 Å². The monoisotopic (exact) mass is 227 g/mol. The molecule has 2 unspecified atom stereocenters. The van der Waals surface area contributed by atoms with Gasteiger partial charge in [-0.15, -0.1) is 0 Å². The van der Waals surface area contributed by atoms with Crippen molar-refractivity contribution in [3.63, 3.8) is 0 Å². The van der Waals surface area contributed by atoms with Gasteiger partial charge in [0.25, 0.3) is 0 Å². The lowest BCUT2D eigenvalue weighted by molar-refractivity contribution is -0.313. The molecule has 0 aromatic rings. The van der Waals surface area contributed by atoms with Crippen LogP contribution in [0.4, 0.5) is 0 Å². The zero-order chi connectivity index (χ0) is 12.4. The van der Waals surface area contributed by atoms with Crippen molar-refractivity contribution in [2.24, 2.45) is 11.8 Å². The third-order valence-corrected chi connectivity index (χ3v) is 3.44. The van der Waals surface area contributed by atoms with E-state index in [0.717, 1.165) is 38.5 Å². The number of hydrogen-bond donors (Lipinski definition) is 0. The molecular formula is C14H27O2-. The minimum atomic E-state index is -0.836. The summed E-state index contributed by atoms with van der Waals surface area (Å²) in [6.45, 7) is 6.37. The molecule has 0 amide bonds. The normalized spacial score (nSPS) is 14.7. The second-order valence-corrected chi connectivity index (χ2v) is 4.73. The minimum Gasteiger partial charge on any atom is -0.550 e. The molecule has 0 spiro atoms. The quantitative estimate of drug-likeness (QED) is 0.538. The Kier molecular flexibility index (Phi) is 9.36. The van der Waals surface area contributed by atoms with E-state index in [1.807, 2.05) is 0 Å². The van der Waals surface area contributed by atoms with Gasteiger partial charge in [-0.25, -0.2) is 0 Å². The van der Waals surface area contributed by atoms with Crippen LogP contribution in [0.2, 0.25) is 0 Å². The van der Waals surface area contributed by atoms with Crippen LogP contribution in [-0.4, -0.2) is 5.97 Å². The van der Waals surface area contributed by atoms with Gasteiger partial charge in [-0.05, 0) is 18.8 Å². The maximum absolute atomic E-state index is 11.1. The molecule has 16 heavy (non-hydrogen) atoms. The maximum Gasteiger partial charge on any atom is 0.0448 e. The Balaban J connectivity index is 4.16. The van der Waals surface area contributed by atoms with Crippen molar-refractivity contribution < 1.29 is 9.90 Å². The standard InChI is InChI=1S/C14H28O2/c1-4-7-9-10-12(6-3)13(14(15)16)11-8-5-2/h12-13H,4-11H2,1-3H3,(H,15,16)/p-1. The van der Waals surface area contributed by atoms with Gasteiger partial charge in [0, 0.05) is 11.9 Å². The molecule has 0 saturated carbocycles. The first-order valence-electron chi connectivity index (χ1n) is 6.88. The van der Waals surface area contributed by atoms with E-state index in [4.69, 9.17) is 0 Å². The van der Waals surface area contributed by atoms with E-state index in [9.17, 15) is 9.90 Å². The maximum atomic E-state index is 11.1. The summed E-state index contributed by atoms with van der Waals surface area (Å²) in [5, 5.41) is 11.1. The van der Waals surface area contributed by atoms with Crippen molar-refractivity contribution in [1.29, 1.82) is 0 Å². The average Bonchev–Trinajstić information content (AvgIpc) is 2.26. The number of carbonyl (C=O) groups is 1. The lowest BCUT2D eigenvalue weighted by atomic mass is 9.82. The van der Waals surface area contributed by atoms with Crippen molar-refractivity contribution in [3.8, 4) is 0 Å². The number of carbonyl (C=O) groups excluding carboxylic acids is 1. The van der Waals surface area contributed by atoms with Crippen LogP contribution in [0, 0.1) is 11.8 Å². The SMILES string of the molecule is CCCCCC(CC)C(CCCC)C(=O)[O-]. The Morgan fingerprint density at radius 2 is 1.62 bits per heavy atom. The van der Waals surface area contributed by atoms with Crippen LogP contribution >= 0.6 is 0 Å². The Morgan fingerprint density at radius 1 is 1.00 bits per heavy atom. The largest absolute Gasteiger partial charge is 0.550 e. The highest BCUT2D eigenvalue weighted by molar-refractivity contribution is 5.67. The lowest BCUT2D eigenvalue weighted by Gasteiger charge is -2.27. The number of rotatable bonds is 10. The number of unbranched alkanes of at least 4 members (excludes halogenated alkanes) is 3. The molecule has 0 radical (unpaired) electrons. The fourth-order valence-corrected chi connectivity index (χ4v) is 2.32. The van der Waals surface area contributed by atoms with E-state index < -0.39 is 5.97 Å². The smallest absolute Gasteiger partial charge is 0.0448 e. The van der Waals surface area contributed by atoms with Gasteiger partial charge < -0.3 is 9.90 Å². The van der Waals surface area contributed by atoms with Crippen molar-refractivity contribution >= 4 is 5.97 Å². The molecule has 0 aliphatic carbocycles. The van der Waals surface area contributed by atoms with Crippen molar-refractivity contribution in [2.75, 3.05) is 0 Å². The number of aliphatic carboxylic acids is 1. The Morgan fingerprint density at radius 3 is 2.06 bits per heavy atom. The van der Waals surface area contributed by atoms with Crippen LogP contribution in [0.5, 0.6) is 0 Å². The third-order valence-electron chi connectivity index (χ3n) is 3.44. The summed E-state index contributed by atoms with van der Waals surface area (Å²) in [4.78, 5) is 11.1. The molecule has 0 saturated heterocycles. The predicted octanol–water partition coefficient (Wildman–Crippen LogP) is 3.15. The van der Waals surface area contributed by atoms with Crippen molar-refractivity contribution in [3.05, 3.63) is 0 Å². The highest BCUT2D eigenvalue weighted by Crippen LogP contribution is 2.26. The third kappa shape index (κ3) is 6.14. The molecule has 2 heteroatoms. The number of carboxylic acids is 1. The highest BCUT2D eigenvalue weighted by atomic mass is 16.4. The van der Waals surface area contributed by atoms with Crippen LogP contribution in [0.25, 0.3) is 0 Å². The predicted molar refractivity (Wildman–Crippen MR) is 65.9 cm³/mol. The summed E-state index contributed by atoms with van der Waals surface area (Å²) in [5.74, 6) is -0.735. The molecule has 2 nitrogen and oxygen atoms in total. The second-order valence-electron chi connectivity index (χ2n) is 4.73. The molecule has 0 aliphatic heterocycles. The first kappa shape index (κ1) is 15.5. The zero-order valence-electron chi connectivity index (χ0n) is 11.1. The van der Waals surface area contributed by atoms with E-state index in [0.29, 0.717) is 5.92 Å². The van der Waals surface area contributed by atoms with E-state index in [1.165, 1.54) is 12.8 Å². The first-order chi connectivity index (χ1) is 7.67. The van der Waals surface area contributed by atoms with Gasteiger partial charge in [-0.3, -0.25) is 0 Å². The second kappa shape index (κ2) is 9.68. The average molecular weight is 227 g/mol. The topological polar surface area (TPSA) is 40.1 Å². The van der Waals surface area contributed by atoms with E-state index in [2.05, 4.69) is 20.8 Å². The van der Waals surface area contributed by atoms with Crippen LogP contribution < -0.4 is 5.11 Å². The Labute approximate surface area is 100 Å². The highest BCUT2D eigenvalue weighted by Gasteiger charge is 2.20. The summed E-state index contributed by atoms with van der Waals surface area (Å²) in [6.07, 6.45) is 8.44. The Bertz CT molecular complexity index is 178. The van der Waals surface area contributed by atoms with E-state index >= 15 is 0 Å². The van der Waals surface area contributed by atoms with Crippen LogP contribution in [0.15, 0.2) is 0 Å². The zero-order valence-corrected chi connectivity index (χ0v) is 11.1. The molecule has 0 fully saturated rings. The molecule has 0 N–H and O–H groups in total. The molecule has 0 aliphatic rings. The number of carboxylic acid groups (broad SMARTS) is 1. The Hall–Kier alpha value is -0.530. The van der Waals surface area contributed by atoms with Crippen LogP contribution in [-0.2, 0) is 4.79 Å². The summed E-state index contributed by atoms with van der Waals surface area (Å²) in [5.41, 5.74) is 0. The van der Waals surface area contributed by atoms with Gasteiger partial charge in [-0.1, -0.05) is 59.3 Å². The molecule has 0 aromatic heterocycles. The summed E-state index contributed by atoms with van der Waals surface area (Å²) in [7, 11) is 0. The van der Waals surface area contributed by atoms with Gasteiger partial charge in [0.1, 0.15) is 0 Å². The molecule has 0 heterocycles. The van der Waals surface area contributed by atoms with Gasteiger partial charge in [0.15, 0.2) is 0 Å². The van der Waals surface area contributed by atoms with Gasteiger partial charge >= 0.3 is 0 Å².